The average molecular weight is 177 g/mol. The van der Waals surface area contributed by atoms with Gasteiger partial charge in [0, 0.05) is 18.7 Å². The molecule has 0 fully saturated rings. The zero-order chi connectivity index (χ0) is 7.98. The van der Waals surface area contributed by atoms with Gasteiger partial charge in [-0.15, -0.1) is 0 Å². The van der Waals surface area contributed by atoms with Crippen LogP contribution in [0.1, 0.15) is 20.3 Å². The lowest BCUT2D eigenvalue weighted by Gasteiger charge is -2.07. The Morgan fingerprint density at radius 2 is 2.20 bits per heavy atom. The molecule has 0 aliphatic heterocycles. The number of hydrogen-bond acceptors (Lipinski definition) is 2. The maximum absolute atomic E-state index is 5.05. The van der Waals surface area contributed by atoms with E-state index in [1.165, 1.54) is 0 Å². The van der Waals surface area contributed by atoms with E-state index in [1.54, 1.807) is 0 Å². The van der Waals surface area contributed by atoms with Crippen LogP contribution in [0.5, 0.6) is 0 Å². The number of hydrogen-bond donors (Lipinski definition) is 2. The van der Waals surface area contributed by atoms with E-state index in [9.17, 15) is 0 Å². The molecule has 0 radical (unpaired) electrons. The Kier molecular flexibility index (Phi) is 6.13. The van der Waals surface area contributed by atoms with Crippen molar-refractivity contribution >= 4 is 29.8 Å². The van der Waals surface area contributed by atoms with E-state index in [0.29, 0.717) is 5.92 Å². The van der Waals surface area contributed by atoms with Crippen LogP contribution in [0.25, 0.3) is 0 Å². The summed E-state index contributed by atoms with van der Waals surface area (Å²) in [5.41, 5.74) is 0. The molecule has 0 heterocycles. The van der Waals surface area contributed by atoms with E-state index in [0.717, 1.165) is 23.7 Å². The van der Waals surface area contributed by atoms with Gasteiger partial charge in [-0.05, 0) is 5.92 Å². The van der Waals surface area contributed by atoms with Crippen molar-refractivity contribution in [2.45, 2.75) is 20.3 Å². The summed E-state index contributed by atoms with van der Waals surface area (Å²) >= 11 is 9.11. The molecule has 0 rings (SSSR count). The van der Waals surface area contributed by atoms with Gasteiger partial charge in [-0.25, -0.2) is 0 Å². The van der Waals surface area contributed by atoms with Crippen LogP contribution < -0.4 is 5.32 Å². The Bertz CT molecular complexity index is 102. The smallest absolute Gasteiger partial charge is 0.0756 e. The molecular formula is C7H15NS2. The van der Waals surface area contributed by atoms with Crippen molar-refractivity contribution < 1.29 is 0 Å². The van der Waals surface area contributed by atoms with E-state index in [1.807, 2.05) is 0 Å². The van der Waals surface area contributed by atoms with Crippen LogP contribution in [0.4, 0.5) is 0 Å². The van der Waals surface area contributed by atoms with Crippen LogP contribution in [0, 0.1) is 5.92 Å². The summed E-state index contributed by atoms with van der Waals surface area (Å²) in [4.78, 5) is 0.962. The first-order valence-corrected chi connectivity index (χ1v) is 4.58. The molecule has 60 valence electrons. The monoisotopic (exact) mass is 177 g/mol. The fraction of sp³-hybridized carbons (Fsp3) is 0.857. The standard InChI is InChI=1S/C7H15NS2/c1-6(2)5-7(10)8-3-4-9/h6,9H,3-5H2,1-2H3,(H,8,10). The van der Waals surface area contributed by atoms with Crippen molar-refractivity contribution in [3.8, 4) is 0 Å². The van der Waals surface area contributed by atoms with Gasteiger partial charge in [-0.1, -0.05) is 26.1 Å². The van der Waals surface area contributed by atoms with E-state index >= 15 is 0 Å². The second-order valence-electron chi connectivity index (χ2n) is 2.67. The molecule has 1 N–H and O–H groups in total. The van der Waals surface area contributed by atoms with Gasteiger partial charge in [0.15, 0.2) is 0 Å². The minimum absolute atomic E-state index is 0.653. The Morgan fingerprint density at radius 3 is 2.60 bits per heavy atom. The molecule has 0 saturated carbocycles. The van der Waals surface area contributed by atoms with Gasteiger partial charge in [0.05, 0.1) is 4.99 Å². The van der Waals surface area contributed by atoms with Gasteiger partial charge in [-0.3, -0.25) is 0 Å². The van der Waals surface area contributed by atoms with E-state index in [-0.39, 0.29) is 0 Å². The normalized spacial score (nSPS) is 10.0. The maximum Gasteiger partial charge on any atom is 0.0756 e. The first-order chi connectivity index (χ1) is 4.66. The van der Waals surface area contributed by atoms with E-state index in [2.05, 4.69) is 31.8 Å². The molecule has 0 amide bonds. The largest absolute Gasteiger partial charge is 0.379 e. The van der Waals surface area contributed by atoms with Gasteiger partial charge in [0.2, 0.25) is 0 Å². The quantitative estimate of drug-likeness (QED) is 0.502. The molecule has 0 aliphatic carbocycles. The first kappa shape index (κ1) is 10.2. The lowest BCUT2D eigenvalue weighted by Crippen LogP contribution is -2.24. The molecule has 0 bridgehead atoms. The summed E-state index contributed by atoms with van der Waals surface area (Å²) in [6, 6.07) is 0. The molecule has 0 aromatic rings. The second-order valence-corrected chi connectivity index (χ2v) is 3.61. The van der Waals surface area contributed by atoms with Crippen LogP contribution in [0.2, 0.25) is 0 Å². The molecule has 0 saturated heterocycles. The van der Waals surface area contributed by atoms with Crippen LogP contribution in [-0.4, -0.2) is 17.3 Å². The van der Waals surface area contributed by atoms with Gasteiger partial charge in [0.1, 0.15) is 0 Å². The summed E-state index contributed by atoms with van der Waals surface area (Å²) in [5, 5.41) is 3.12. The fourth-order valence-corrected chi connectivity index (χ4v) is 1.19. The molecule has 1 nitrogen and oxygen atoms in total. The molecule has 0 aromatic carbocycles. The van der Waals surface area contributed by atoms with Crippen molar-refractivity contribution in [3.05, 3.63) is 0 Å². The summed E-state index contributed by atoms with van der Waals surface area (Å²) in [6.45, 7) is 5.21. The SMILES string of the molecule is CC(C)CC(=S)NCCS. The van der Waals surface area contributed by atoms with Crippen LogP contribution >= 0.6 is 24.8 Å². The molecule has 0 atom stereocenters. The first-order valence-electron chi connectivity index (χ1n) is 3.54. The average Bonchev–Trinajstić information content (AvgIpc) is 1.82. The number of rotatable bonds is 4. The summed E-state index contributed by atoms with van der Waals surface area (Å²) in [6.07, 6.45) is 0.989. The van der Waals surface area contributed by atoms with Crippen LogP contribution in [-0.2, 0) is 0 Å². The molecule has 0 spiro atoms. The third kappa shape index (κ3) is 6.36. The highest BCUT2D eigenvalue weighted by Crippen LogP contribution is 1.99. The summed E-state index contributed by atoms with van der Waals surface area (Å²) in [7, 11) is 0. The van der Waals surface area contributed by atoms with Crippen molar-refractivity contribution in [1.29, 1.82) is 0 Å². The Labute approximate surface area is 74.0 Å². The second kappa shape index (κ2) is 5.98. The van der Waals surface area contributed by atoms with Crippen molar-refractivity contribution in [2.75, 3.05) is 12.3 Å². The molecule has 0 aromatic heterocycles. The molecule has 10 heavy (non-hydrogen) atoms. The minimum atomic E-state index is 0.653. The number of thiol groups is 1. The summed E-state index contributed by atoms with van der Waals surface area (Å²) in [5.74, 6) is 1.50. The fourth-order valence-electron chi connectivity index (χ4n) is 0.638. The van der Waals surface area contributed by atoms with E-state index < -0.39 is 0 Å². The zero-order valence-electron chi connectivity index (χ0n) is 6.55. The van der Waals surface area contributed by atoms with Gasteiger partial charge < -0.3 is 5.32 Å². The third-order valence-corrected chi connectivity index (χ3v) is 1.56. The van der Waals surface area contributed by atoms with Gasteiger partial charge in [0.25, 0.3) is 0 Å². The molecule has 0 unspecified atom stereocenters. The van der Waals surface area contributed by atoms with E-state index in [4.69, 9.17) is 12.2 Å². The molecule has 0 aliphatic rings. The van der Waals surface area contributed by atoms with Crippen molar-refractivity contribution in [2.24, 2.45) is 5.92 Å². The van der Waals surface area contributed by atoms with Crippen LogP contribution in [0.3, 0.4) is 0 Å². The molecule has 3 heteroatoms. The van der Waals surface area contributed by atoms with Crippen molar-refractivity contribution in [1.82, 2.24) is 5.32 Å². The number of nitrogens with one attached hydrogen (secondary N) is 1. The highest BCUT2D eigenvalue weighted by Gasteiger charge is 1.97. The topological polar surface area (TPSA) is 12.0 Å². The Morgan fingerprint density at radius 1 is 1.60 bits per heavy atom. The molecular weight excluding hydrogens is 162 g/mol. The van der Waals surface area contributed by atoms with Gasteiger partial charge >= 0.3 is 0 Å². The van der Waals surface area contributed by atoms with Crippen molar-refractivity contribution in [3.63, 3.8) is 0 Å². The maximum atomic E-state index is 5.05. The minimum Gasteiger partial charge on any atom is -0.379 e. The van der Waals surface area contributed by atoms with Crippen LogP contribution in [0.15, 0.2) is 0 Å². The van der Waals surface area contributed by atoms with Gasteiger partial charge in [-0.2, -0.15) is 12.6 Å². The number of thiocarbonyl (C=S) groups is 1. The highest BCUT2D eigenvalue weighted by molar-refractivity contribution is 7.80. The Hall–Kier alpha value is 0.240. The summed E-state index contributed by atoms with van der Waals surface area (Å²) < 4.78 is 0. The predicted octanol–water partition coefficient (Wildman–Crippen LogP) is 1.88. The Balaban J connectivity index is 3.26. The lowest BCUT2D eigenvalue weighted by atomic mass is 10.1. The zero-order valence-corrected chi connectivity index (χ0v) is 8.27. The lowest BCUT2D eigenvalue weighted by molar-refractivity contribution is 0.676. The highest BCUT2D eigenvalue weighted by atomic mass is 32.1. The predicted molar refractivity (Wildman–Crippen MR) is 53.9 cm³/mol. The third-order valence-electron chi connectivity index (χ3n) is 1.03.